The normalized spacial score (nSPS) is 12.3. The van der Waals surface area contributed by atoms with Crippen LogP contribution in [0.5, 0.6) is 5.75 Å². The van der Waals surface area contributed by atoms with Crippen molar-refractivity contribution in [2.45, 2.75) is 6.04 Å². The molecular weight excluding hydrogens is 319 g/mol. The van der Waals surface area contributed by atoms with E-state index in [0.29, 0.717) is 10.6 Å². The molecule has 2 aromatic rings. The molecule has 0 heterocycles. The number of benzene rings is 2. The van der Waals surface area contributed by atoms with Crippen molar-refractivity contribution in [2.75, 3.05) is 14.2 Å². The highest BCUT2D eigenvalue weighted by Gasteiger charge is 2.24. The van der Waals surface area contributed by atoms with Crippen LogP contribution in [0.25, 0.3) is 0 Å². The standard InChI is InChI=1S/C15H13Cl2F2NO/c1-20-15(9-4-3-5-10(16)14(9)17)13-11(18)6-8(21-2)7-12(13)19/h3-7,15,20H,1-2H3. The maximum atomic E-state index is 14.2. The third kappa shape index (κ3) is 3.12. The average molecular weight is 332 g/mol. The highest BCUT2D eigenvalue weighted by atomic mass is 35.5. The minimum absolute atomic E-state index is 0.112. The van der Waals surface area contributed by atoms with Crippen LogP contribution in [0.4, 0.5) is 8.78 Å². The van der Waals surface area contributed by atoms with Gasteiger partial charge in [-0.25, -0.2) is 8.78 Å². The van der Waals surface area contributed by atoms with Crippen LogP contribution in [-0.4, -0.2) is 14.2 Å². The Kier molecular flexibility index (Phi) is 5.04. The smallest absolute Gasteiger partial charge is 0.134 e. The highest BCUT2D eigenvalue weighted by Crippen LogP contribution is 2.35. The fourth-order valence-corrected chi connectivity index (χ4v) is 2.57. The summed E-state index contributed by atoms with van der Waals surface area (Å²) in [4.78, 5) is 0. The number of nitrogens with one attached hydrogen (secondary N) is 1. The van der Waals surface area contributed by atoms with Crippen molar-refractivity contribution in [1.82, 2.24) is 5.32 Å². The number of hydrogen-bond donors (Lipinski definition) is 1. The Bertz CT molecular complexity index is 641. The van der Waals surface area contributed by atoms with Gasteiger partial charge in [0.15, 0.2) is 0 Å². The summed E-state index contributed by atoms with van der Waals surface area (Å²) < 4.78 is 33.3. The van der Waals surface area contributed by atoms with Gasteiger partial charge in [0.25, 0.3) is 0 Å². The van der Waals surface area contributed by atoms with Gasteiger partial charge in [-0.05, 0) is 18.7 Å². The van der Waals surface area contributed by atoms with Crippen LogP contribution in [0, 0.1) is 11.6 Å². The van der Waals surface area contributed by atoms with Gasteiger partial charge >= 0.3 is 0 Å². The van der Waals surface area contributed by atoms with Gasteiger partial charge < -0.3 is 10.1 Å². The second kappa shape index (κ2) is 6.60. The molecule has 0 radical (unpaired) electrons. The van der Waals surface area contributed by atoms with E-state index in [1.54, 1.807) is 25.2 Å². The van der Waals surface area contributed by atoms with E-state index in [9.17, 15) is 8.78 Å². The van der Waals surface area contributed by atoms with E-state index in [2.05, 4.69) is 5.32 Å². The molecule has 0 aromatic heterocycles. The van der Waals surface area contributed by atoms with E-state index in [4.69, 9.17) is 27.9 Å². The molecular formula is C15H13Cl2F2NO. The van der Waals surface area contributed by atoms with Crippen molar-refractivity contribution >= 4 is 23.2 Å². The van der Waals surface area contributed by atoms with E-state index in [1.807, 2.05) is 0 Å². The molecule has 6 heteroatoms. The van der Waals surface area contributed by atoms with Crippen molar-refractivity contribution in [3.63, 3.8) is 0 Å². The first kappa shape index (κ1) is 16.0. The van der Waals surface area contributed by atoms with Crippen LogP contribution >= 0.6 is 23.2 Å². The molecule has 21 heavy (non-hydrogen) atoms. The summed E-state index contributed by atoms with van der Waals surface area (Å²) in [6, 6.07) is 6.44. The maximum absolute atomic E-state index is 14.2. The van der Waals surface area contributed by atoms with E-state index in [0.717, 1.165) is 12.1 Å². The first-order valence-electron chi connectivity index (χ1n) is 6.13. The van der Waals surface area contributed by atoms with Crippen LogP contribution in [-0.2, 0) is 0 Å². The molecule has 1 unspecified atom stereocenters. The predicted molar refractivity (Wildman–Crippen MR) is 80.3 cm³/mol. The summed E-state index contributed by atoms with van der Waals surface area (Å²) in [7, 11) is 2.93. The molecule has 2 rings (SSSR count). The van der Waals surface area contributed by atoms with Crippen molar-refractivity contribution in [3.8, 4) is 5.75 Å². The summed E-state index contributed by atoms with van der Waals surface area (Å²) in [6.07, 6.45) is 0. The lowest BCUT2D eigenvalue weighted by Gasteiger charge is -2.20. The Morgan fingerprint density at radius 1 is 1.14 bits per heavy atom. The van der Waals surface area contributed by atoms with Gasteiger partial charge in [0.1, 0.15) is 17.4 Å². The van der Waals surface area contributed by atoms with Crippen LogP contribution in [0.1, 0.15) is 17.2 Å². The van der Waals surface area contributed by atoms with Crippen molar-refractivity contribution in [1.29, 1.82) is 0 Å². The SMILES string of the molecule is CNC(c1cccc(Cl)c1Cl)c1c(F)cc(OC)cc1F. The van der Waals surface area contributed by atoms with Gasteiger partial charge in [0.2, 0.25) is 0 Å². The molecule has 0 bridgehead atoms. The fourth-order valence-electron chi connectivity index (χ4n) is 2.15. The second-order valence-corrected chi connectivity index (χ2v) is 5.15. The van der Waals surface area contributed by atoms with Crippen LogP contribution in [0.3, 0.4) is 0 Å². The minimum atomic E-state index is -0.762. The summed E-state index contributed by atoms with van der Waals surface area (Å²) in [5.41, 5.74) is 0.358. The largest absolute Gasteiger partial charge is 0.497 e. The lowest BCUT2D eigenvalue weighted by atomic mass is 9.97. The van der Waals surface area contributed by atoms with Crippen molar-refractivity contribution in [3.05, 3.63) is 63.1 Å². The quantitative estimate of drug-likeness (QED) is 0.884. The van der Waals surface area contributed by atoms with Gasteiger partial charge in [-0.15, -0.1) is 0 Å². The molecule has 2 aromatic carbocycles. The van der Waals surface area contributed by atoms with Crippen molar-refractivity contribution < 1.29 is 13.5 Å². The molecule has 0 saturated carbocycles. The molecule has 0 aliphatic heterocycles. The van der Waals surface area contributed by atoms with Gasteiger partial charge in [0, 0.05) is 17.7 Å². The summed E-state index contributed by atoms with van der Waals surface area (Å²) in [5, 5.41) is 3.44. The first-order chi connectivity index (χ1) is 9.99. The lowest BCUT2D eigenvalue weighted by molar-refractivity contribution is 0.403. The third-order valence-corrected chi connectivity index (χ3v) is 3.99. The van der Waals surface area contributed by atoms with E-state index < -0.39 is 17.7 Å². The maximum Gasteiger partial charge on any atom is 0.134 e. The molecule has 0 amide bonds. The van der Waals surface area contributed by atoms with Gasteiger partial charge in [0.05, 0.1) is 23.2 Å². The number of methoxy groups -OCH3 is 1. The summed E-state index contributed by atoms with van der Waals surface area (Å²) in [5.74, 6) is -1.33. The lowest BCUT2D eigenvalue weighted by Crippen LogP contribution is -2.21. The van der Waals surface area contributed by atoms with Gasteiger partial charge in [-0.1, -0.05) is 35.3 Å². The second-order valence-electron chi connectivity index (χ2n) is 4.37. The molecule has 1 N–H and O–H groups in total. The number of rotatable bonds is 4. The third-order valence-electron chi connectivity index (χ3n) is 3.16. The monoisotopic (exact) mass is 331 g/mol. The van der Waals surface area contributed by atoms with Crippen LogP contribution < -0.4 is 10.1 Å². The highest BCUT2D eigenvalue weighted by molar-refractivity contribution is 6.42. The minimum Gasteiger partial charge on any atom is -0.497 e. The Labute approximate surface area is 131 Å². The summed E-state index contributed by atoms with van der Waals surface area (Å²) in [6.45, 7) is 0. The molecule has 0 aliphatic rings. The predicted octanol–water partition coefficient (Wildman–Crippen LogP) is 4.59. The molecule has 1 atom stereocenters. The van der Waals surface area contributed by atoms with E-state index >= 15 is 0 Å². The zero-order chi connectivity index (χ0) is 15.6. The fraction of sp³-hybridized carbons (Fsp3) is 0.200. The Morgan fingerprint density at radius 2 is 1.76 bits per heavy atom. The van der Waals surface area contributed by atoms with E-state index in [1.165, 1.54) is 7.11 Å². The van der Waals surface area contributed by atoms with E-state index in [-0.39, 0.29) is 16.3 Å². The number of hydrogen-bond acceptors (Lipinski definition) is 2. The topological polar surface area (TPSA) is 21.3 Å². The first-order valence-corrected chi connectivity index (χ1v) is 6.89. The van der Waals surface area contributed by atoms with Gasteiger partial charge in [-0.2, -0.15) is 0 Å². The Hall–Kier alpha value is -1.36. The number of ether oxygens (including phenoxy) is 1. The van der Waals surface area contributed by atoms with Crippen LogP contribution in [0.2, 0.25) is 10.0 Å². The molecule has 112 valence electrons. The Balaban J connectivity index is 2.59. The number of halogens is 4. The van der Waals surface area contributed by atoms with Gasteiger partial charge in [-0.3, -0.25) is 0 Å². The molecule has 2 nitrogen and oxygen atoms in total. The van der Waals surface area contributed by atoms with Crippen molar-refractivity contribution in [2.24, 2.45) is 0 Å². The summed E-state index contributed by atoms with van der Waals surface area (Å²) >= 11 is 12.1. The molecule has 0 saturated heterocycles. The molecule has 0 fully saturated rings. The zero-order valence-corrected chi connectivity index (χ0v) is 12.9. The molecule has 0 spiro atoms. The Morgan fingerprint density at radius 3 is 2.29 bits per heavy atom. The average Bonchev–Trinajstić information content (AvgIpc) is 2.46. The van der Waals surface area contributed by atoms with Crippen LogP contribution in [0.15, 0.2) is 30.3 Å². The molecule has 0 aliphatic carbocycles. The zero-order valence-electron chi connectivity index (χ0n) is 11.4.